The van der Waals surface area contributed by atoms with Crippen LogP contribution in [0.15, 0.2) is 41.4 Å². The van der Waals surface area contributed by atoms with Crippen molar-refractivity contribution in [2.75, 3.05) is 51.5 Å². The number of morpholine rings is 1. The number of imide groups is 1. The minimum Gasteiger partial charge on any atom is -0.454 e. The Morgan fingerprint density at radius 2 is 1.83 bits per heavy atom. The van der Waals surface area contributed by atoms with Crippen molar-refractivity contribution in [3.05, 3.63) is 46.3 Å². The molecule has 30 heavy (non-hydrogen) atoms. The number of benzene rings is 1. The van der Waals surface area contributed by atoms with Crippen molar-refractivity contribution in [3.8, 4) is 11.5 Å². The van der Waals surface area contributed by atoms with Crippen molar-refractivity contribution >= 4 is 34.4 Å². The fourth-order valence-electron chi connectivity index (χ4n) is 3.73. The van der Waals surface area contributed by atoms with Gasteiger partial charge in [-0.15, -0.1) is 11.3 Å². The molecule has 2 aromatic rings. The van der Waals surface area contributed by atoms with Gasteiger partial charge in [0.1, 0.15) is 5.70 Å². The Kier molecular flexibility index (Phi) is 5.16. The fourth-order valence-corrected chi connectivity index (χ4v) is 4.50. The van der Waals surface area contributed by atoms with Crippen LogP contribution in [0.2, 0.25) is 0 Å². The molecule has 1 N–H and O–H groups in total. The first-order valence-electron chi connectivity index (χ1n) is 9.82. The molecule has 2 amide bonds. The number of anilines is 1. The van der Waals surface area contributed by atoms with E-state index in [1.54, 1.807) is 18.2 Å². The molecule has 4 heterocycles. The van der Waals surface area contributed by atoms with Gasteiger partial charge < -0.3 is 19.5 Å². The molecule has 3 aliphatic heterocycles. The number of hydrogen-bond donors (Lipinski definition) is 1. The third kappa shape index (κ3) is 3.55. The summed E-state index contributed by atoms with van der Waals surface area (Å²) >= 11 is 1.44. The van der Waals surface area contributed by atoms with E-state index in [1.807, 2.05) is 17.5 Å². The Bertz CT molecular complexity index is 998. The van der Waals surface area contributed by atoms with Gasteiger partial charge in [0.25, 0.3) is 11.8 Å². The van der Waals surface area contributed by atoms with Crippen LogP contribution in [0.4, 0.5) is 5.69 Å². The molecular formula is C21H21N3O5S. The zero-order valence-corrected chi connectivity index (χ0v) is 17.1. The van der Waals surface area contributed by atoms with Crippen molar-refractivity contribution in [1.82, 2.24) is 9.80 Å². The molecule has 0 spiro atoms. The maximum atomic E-state index is 13.2. The fraction of sp³-hybridized carbons (Fsp3) is 0.333. The van der Waals surface area contributed by atoms with Gasteiger partial charge in [-0.05, 0) is 23.6 Å². The maximum absolute atomic E-state index is 13.2. The van der Waals surface area contributed by atoms with E-state index in [-0.39, 0.29) is 18.6 Å². The lowest BCUT2D eigenvalue weighted by molar-refractivity contribution is -0.137. The Hall–Kier alpha value is -2.88. The Balaban J connectivity index is 1.40. The molecular weight excluding hydrogens is 406 g/mol. The molecule has 1 aromatic heterocycles. The predicted molar refractivity (Wildman–Crippen MR) is 111 cm³/mol. The van der Waals surface area contributed by atoms with E-state index in [2.05, 4.69) is 10.2 Å². The summed E-state index contributed by atoms with van der Waals surface area (Å²) in [5.41, 5.74) is 1.37. The van der Waals surface area contributed by atoms with E-state index in [0.29, 0.717) is 54.8 Å². The minimum atomic E-state index is -0.311. The van der Waals surface area contributed by atoms with E-state index < -0.39 is 0 Å². The van der Waals surface area contributed by atoms with Gasteiger partial charge >= 0.3 is 0 Å². The number of carbonyl (C=O) groups excluding carboxylic acids is 2. The van der Waals surface area contributed by atoms with Crippen molar-refractivity contribution in [2.45, 2.75) is 0 Å². The molecule has 0 atom stereocenters. The van der Waals surface area contributed by atoms with E-state index in [0.717, 1.165) is 18.0 Å². The summed E-state index contributed by atoms with van der Waals surface area (Å²) in [4.78, 5) is 30.7. The van der Waals surface area contributed by atoms with Crippen LogP contribution in [0.5, 0.6) is 11.5 Å². The second-order valence-corrected chi connectivity index (χ2v) is 8.08. The number of fused-ring (bicyclic) bond motifs is 1. The van der Waals surface area contributed by atoms with Crippen molar-refractivity contribution in [1.29, 1.82) is 0 Å². The molecule has 1 saturated heterocycles. The topological polar surface area (TPSA) is 80.3 Å². The SMILES string of the molecule is O=C1C(Nc2ccc3c(c2)OCO3)=C(c2cccs2)C(=O)N1CCN1CCOCC1. The molecule has 8 nitrogen and oxygen atoms in total. The highest BCUT2D eigenvalue weighted by Crippen LogP contribution is 2.37. The van der Waals surface area contributed by atoms with Gasteiger partial charge in [0.05, 0.1) is 18.8 Å². The average Bonchev–Trinajstić information content (AvgIpc) is 3.49. The van der Waals surface area contributed by atoms with Crippen LogP contribution in [0.1, 0.15) is 4.88 Å². The lowest BCUT2D eigenvalue weighted by Gasteiger charge is -2.28. The van der Waals surface area contributed by atoms with Gasteiger partial charge in [0, 0.05) is 42.8 Å². The first kappa shape index (κ1) is 19.1. The van der Waals surface area contributed by atoms with Crippen molar-refractivity contribution in [3.63, 3.8) is 0 Å². The molecule has 1 aromatic carbocycles. The number of carbonyl (C=O) groups is 2. The molecule has 3 aliphatic rings. The van der Waals surface area contributed by atoms with Crippen LogP contribution in [-0.2, 0) is 14.3 Å². The summed E-state index contributed by atoms with van der Waals surface area (Å²) in [6.45, 7) is 4.13. The van der Waals surface area contributed by atoms with Crippen LogP contribution in [-0.4, -0.2) is 67.8 Å². The quantitative estimate of drug-likeness (QED) is 0.707. The van der Waals surface area contributed by atoms with Gasteiger partial charge in [-0.2, -0.15) is 0 Å². The predicted octanol–water partition coefficient (Wildman–Crippen LogP) is 2.00. The van der Waals surface area contributed by atoms with E-state index in [4.69, 9.17) is 14.2 Å². The Morgan fingerprint density at radius 1 is 1.00 bits per heavy atom. The summed E-state index contributed by atoms with van der Waals surface area (Å²) in [7, 11) is 0. The summed E-state index contributed by atoms with van der Waals surface area (Å²) in [5, 5.41) is 5.06. The number of amides is 2. The first-order chi connectivity index (χ1) is 14.7. The number of hydrogen-bond acceptors (Lipinski definition) is 8. The highest BCUT2D eigenvalue weighted by molar-refractivity contribution is 7.11. The normalized spacial score (nSPS) is 19.1. The second kappa shape index (κ2) is 8.10. The zero-order chi connectivity index (χ0) is 20.5. The molecule has 0 unspecified atom stereocenters. The van der Waals surface area contributed by atoms with Crippen molar-refractivity contribution in [2.24, 2.45) is 0 Å². The molecule has 0 radical (unpaired) electrons. The van der Waals surface area contributed by atoms with Crippen LogP contribution in [0.25, 0.3) is 5.57 Å². The smallest absolute Gasteiger partial charge is 0.278 e. The number of ether oxygens (including phenoxy) is 3. The van der Waals surface area contributed by atoms with Gasteiger partial charge in [-0.1, -0.05) is 6.07 Å². The maximum Gasteiger partial charge on any atom is 0.278 e. The number of thiophene rings is 1. The summed E-state index contributed by atoms with van der Waals surface area (Å²) in [5.74, 6) is 0.696. The summed E-state index contributed by atoms with van der Waals surface area (Å²) in [6.07, 6.45) is 0. The summed E-state index contributed by atoms with van der Waals surface area (Å²) in [6, 6.07) is 9.10. The molecule has 5 rings (SSSR count). The monoisotopic (exact) mass is 427 g/mol. The molecule has 156 valence electrons. The van der Waals surface area contributed by atoms with Gasteiger partial charge in [0.2, 0.25) is 6.79 Å². The highest BCUT2D eigenvalue weighted by atomic mass is 32.1. The molecule has 0 bridgehead atoms. The third-order valence-corrected chi connectivity index (χ3v) is 6.21. The lowest BCUT2D eigenvalue weighted by atomic mass is 10.2. The molecule has 0 aliphatic carbocycles. The molecule has 1 fully saturated rings. The summed E-state index contributed by atoms with van der Waals surface area (Å²) < 4.78 is 16.1. The highest BCUT2D eigenvalue weighted by Gasteiger charge is 2.39. The minimum absolute atomic E-state index is 0.175. The standard InChI is InChI=1S/C21H21N3O5S/c25-20-18(17-2-1-11-30-17)19(22-14-3-4-15-16(12-14)29-13-28-15)21(26)24(20)6-5-23-7-9-27-10-8-23/h1-4,11-12,22H,5-10,13H2. The third-order valence-electron chi connectivity index (χ3n) is 5.32. The number of rotatable bonds is 6. The van der Waals surface area contributed by atoms with Gasteiger partial charge in [0.15, 0.2) is 11.5 Å². The molecule has 9 heteroatoms. The van der Waals surface area contributed by atoms with E-state index in [1.165, 1.54) is 16.2 Å². The van der Waals surface area contributed by atoms with Crippen LogP contribution in [0, 0.1) is 0 Å². The van der Waals surface area contributed by atoms with Crippen LogP contribution in [0.3, 0.4) is 0 Å². The second-order valence-electron chi connectivity index (χ2n) is 7.14. The first-order valence-corrected chi connectivity index (χ1v) is 10.7. The number of nitrogens with zero attached hydrogens (tertiary/aromatic N) is 2. The largest absolute Gasteiger partial charge is 0.454 e. The Morgan fingerprint density at radius 3 is 2.63 bits per heavy atom. The van der Waals surface area contributed by atoms with Crippen molar-refractivity contribution < 1.29 is 23.8 Å². The molecule has 0 saturated carbocycles. The van der Waals surface area contributed by atoms with Gasteiger partial charge in [-0.3, -0.25) is 19.4 Å². The van der Waals surface area contributed by atoms with Crippen LogP contribution >= 0.6 is 11.3 Å². The van der Waals surface area contributed by atoms with Gasteiger partial charge in [-0.25, -0.2) is 0 Å². The zero-order valence-electron chi connectivity index (χ0n) is 16.3. The lowest BCUT2D eigenvalue weighted by Crippen LogP contribution is -2.43. The van der Waals surface area contributed by atoms with Crippen LogP contribution < -0.4 is 14.8 Å². The number of nitrogens with one attached hydrogen (secondary N) is 1. The van der Waals surface area contributed by atoms with E-state index >= 15 is 0 Å². The average molecular weight is 427 g/mol. The van der Waals surface area contributed by atoms with E-state index in [9.17, 15) is 9.59 Å². The Labute approximate surface area is 177 Å².